The molecule has 3 rings (SSSR count). The smallest absolute Gasteiger partial charge is 0.337 e. The summed E-state index contributed by atoms with van der Waals surface area (Å²) in [4.78, 5) is 32.6. The summed E-state index contributed by atoms with van der Waals surface area (Å²) in [5.41, 5.74) is 1.91. The van der Waals surface area contributed by atoms with Gasteiger partial charge in [0.2, 0.25) is 5.95 Å². The number of aryl methyl sites for hydroxylation is 1. The number of nitrogens with zero attached hydrogens (tertiary/aromatic N) is 2. The third kappa shape index (κ3) is 5.01. The summed E-state index contributed by atoms with van der Waals surface area (Å²) >= 11 is 0. The van der Waals surface area contributed by atoms with Gasteiger partial charge in [-0.3, -0.25) is 4.79 Å². The number of nitrogens with one attached hydrogen (secondary N) is 2. The molecule has 1 aliphatic heterocycles. The van der Waals surface area contributed by atoms with E-state index in [0.29, 0.717) is 29.4 Å². The normalized spacial score (nSPS) is 16.0. The zero-order valence-corrected chi connectivity index (χ0v) is 15.3. The molecule has 1 saturated heterocycles. The number of hydrogen-bond acceptors (Lipinski definition) is 7. The molecule has 142 valence electrons. The van der Waals surface area contributed by atoms with Crippen LogP contribution < -0.4 is 10.6 Å². The van der Waals surface area contributed by atoms with Crippen LogP contribution in [-0.4, -0.2) is 48.2 Å². The molecule has 0 saturated carbocycles. The van der Waals surface area contributed by atoms with Crippen LogP contribution >= 0.6 is 0 Å². The highest BCUT2D eigenvalue weighted by molar-refractivity contribution is 6.03. The van der Waals surface area contributed by atoms with Gasteiger partial charge in [-0.25, -0.2) is 14.8 Å². The van der Waals surface area contributed by atoms with Crippen LogP contribution in [0.1, 0.15) is 39.4 Å². The van der Waals surface area contributed by atoms with Gasteiger partial charge in [0.1, 0.15) is 5.69 Å². The molecule has 1 aromatic carbocycles. The van der Waals surface area contributed by atoms with Crippen molar-refractivity contribution in [1.82, 2.24) is 9.97 Å². The Labute approximate surface area is 157 Å². The Hall–Kier alpha value is -3.00. The van der Waals surface area contributed by atoms with Gasteiger partial charge in [0, 0.05) is 24.5 Å². The molecule has 1 fully saturated rings. The first-order valence-electron chi connectivity index (χ1n) is 8.76. The quantitative estimate of drug-likeness (QED) is 0.753. The van der Waals surface area contributed by atoms with Crippen molar-refractivity contribution >= 4 is 23.5 Å². The van der Waals surface area contributed by atoms with Gasteiger partial charge in [0.05, 0.1) is 18.8 Å². The molecule has 0 bridgehead atoms. The number of carbonyl (C=O) groups excluding carboxylic acids is 2. The van der Waals surface area contributed by atoms with Gasteiger partial charge in [-0.05, 0) is 50.1 Å². The van der Waals surface area contributed by atoms with Crippen molar-refractivity contribution in [2.45, 2.75) is 25.9 Å². The lowest BCUT2D eigenvalue weighted by molar-refractivity contribution is 0.0600. The second kappa shape index (κ2) is 8.59. The van der Waals surface area contributed by atoms with Crippen molar-refractivity contribution in [2.75, 3.05) is 30.9 Å². The minimum Gasteiger partial charge on any atom is -0.465 e. The van der Waals surface area contributed by atoms with Crippen molar-refractivity contribution in [3.8, 4) is 0 Å². The van der Waals surface area contributed by atoms with Crippen molar-refractivity contribution in [2.24, 2.45) is 0 Å². The highest BCUT2D eigenvalue weighted by Crippen LogP contribution is 2.14. The Kier molecular flexibility index (Phi) is 5.97. The molecule has 1 unspecified atom stereocenters. The maximum Gasteiger partial charge on any atom is 0.337 e. The maximum absolute atomic E-state index is 12.5. The zero-order valence-electron chi connectivity index (χ0n) is 15.3. The Balaban J connectivity index is 1.65. The first kappa shape index (κ1) is 18.8. The highest BCUT2D eigenvalue weighted by Gasteiger charge is 2.16. The molecule has 1 atom stereocenters. The Morgan fingerprint density at radius 1 is 1.26 bits per heavy atom. The molecule has 0 aliphatic carbocycles. The molecule has 2 N–H and O–H groups in total. The van der Waals surface area contributed by atoms with E-state index in [2.05, 4.69) is 25.3 Å². The number of benzene rings is 1. The van der Waals surface area contributed by atoms with Crippen LogP contribution in [0.25, 0.3) is 0 Å². The van der Waals surface area contributed by atoms with Gasteiger partial charge in [-0.2, -0.15) is 0 Å². The Morgan fingerprint density at radius 2 is 2.04 bits per heavy atom. The summed E-state index contributed by atoms with van der Waals surface area (Å²) < 4.78 is 10.2. The van der Waals surface area contributed by atoms with Gasteiger partial charge in [0.25, 0.3) is 5.91 Å². The van der Waals surface area contributed by atoms with E-state index in [-0.39, 0.29) is 17.7 Å². The summed E-state index contributed by atoms with van der Waals surface area (Å²) in [7, 11) is 1.32. The fraction of sp³-hybridized carbons (Fsp3) is 0.368. The minimum atomic E-state index is -0.429. The summed E-state index contributed by atoms with van der Waals surface area (Å²) in [6.07, 6.45) is 2.22. The first-order chi connectivity index (χ1) is 13.0. The molecule has 0 spiro atoms. The van der Waals surface area contributed by atoms with E-state index in [1.807, 2.05) is 0 Å². The summed E-state index contributed by atoms with van der Waals surface area (Å²) in [6, 6.07) is 8.06. The number of amides is 1. The maximum atomic E-state index is 12.5. The summed E-state index contributed by atoms with van der Waals surface area (Å²) in [5.74, 6) is -0.385. The van der Waals surface area contributed by atoms with Crippen LogP contribution in [0.15, 0.2) is 30.3 Å². The number of rotatable bonds is 6. The minimum absolute atomic E-state index is 0.153. The van der Waals surface area contributed by atoms with E-state index in [9.17, 15) is 9.59 Å². The zero-order chi connectivity index (χ0) is 19.2. The van der Waals surface area contributed by atoms with Crippen molar-refractivity contribution in [3.05, 3.63) is 47.3 Å². The lowest BCUT2D eigenvalue weighted by Gasteiger charge is -2.12. The second-order valence-electron chi connectivity index (χ2n) is 6.26. The first-order valence-corrected chi connectivity index (χ1v) is 8.76. The van der Waals surface area contributed by atoms with Gasteiger partial charge in [-0.1, -0.05) is 0 Å². The van der Waals surface area contributed by atoms with Gasteiger partial charge in [0.15, 0.2) is 0 Å². The Bertz CT molecular complexity index is 817. The molecule has 27 heavy (non-hydrogen) atoms. The third-order valence-electron chi connectivity index (χ3n) is 4.16. The molecule has 1 amide bonds. The number of aromatic nitrogens is 2. The second-order valence-corrected chi connectivity index (χ2v) is 6.26. The molecule has 1 aliphatic rings. The standard InChI is InChI=1S/C19H22N4O4/c1-12-10-16(23-19(21-12)20-11-15-4-3-9-27-15)17(24)22-14-7-5-13(6-8-14)18(25)26-2/h5-8,10,15H,3-4,9,11H2,1-2H3,(H,22,24)(H,20,21,23). The molecular formula is C19H22N4O4. The summed E-state index contributed by atoms with van der Waals surface area (Å²) in [6.45, 7) is 3.20. The van der Waals surface area contributed by atoms with Crippen LogP contribution in [0, 0.1) is 6.92 Å². The number of carbonyl (C=O) groups is 2. The SMILES string of the molecule is COC(=O)c1ccc(NC(=O)c2cc(C)nc(NCC3CCCO3)n2)cc1. The Morgan fingerprint density at radius 3 is 2.70 bits per heavy atom. The molecule has 2 aromatic rings. The number of methoxy groups -OCH3 is 1. The fourth-order valence-corrected chi connectivity index (χ4v) is 2.78. The van der Waals surface area contributed by atoms with Crippen LogP contribution in [-0.2, 0) is 9.47 Å². The summed E-state index contributed by atoms with van der Waals surface area (Å²) in [5, 5.41) is 5.89. The number of anilines is 2. The van der Waals surface area contributed by atoms with Crippen molar-refractivity contribution in [1.29, 1.82) is 0 Å². The predicted molar refractivity (Wildman–Crippen MR) is 100.0 cm³/mol. The third-order valence-corrected chi connectivity index (χ3v) is 4.16. The van der Waals surface area contributed by atoms with E-state index in [1.54, 1.807) is 37.3 Å². The largest absolute Gasteiger partial charge is 0.465 e. The van der Waals surface area contributed by atoms with Crippen LogP contribution in [0.4, 0.5) is 11.6 Å². The van der Waals surface area contributed by atoms with Crippen LogP contribution in [0.5, 0.6) is 0 Å². The highest BCUT2D eigenvalue weighted by atomic mass is 16.5. The van der Waals surface area contributed by atoms with E-state index in [0.717, 1.165) is 19.4 Å². The fourth-order valence-electron chi connectivity index (χ4n) is 2.78. The number of hydrogen-bond donors (Lipinski definition) is 2. The number of ether oxygens (including phenoxy) is 2. The van der Waals surface area contributed by atoms with E-state index in [4.69, 9.17) is 4.74 Å². The molecule has 2 heterocycles. The van der Waals surface area contributed by atoms with E-state index >= 15 is 0 Å². The van der Waals surface area contributed by atoms with Crippen LogP contribution in [0.3, 0.4) is 0 Å². The molecule has 0 radical (unpaired) electrons. The average molecular weight is 370 g/mol. The lowest BCUT2D eigenvalue weighted by Crippen LogP contribution is -2.21. The van der Waals surface area contributed by atoms with Gasteiger partial charge < -0.3 is 20.1 Å². The van der Waals surface area contributed by atoms with E-state index < -0.39 is 5.97 Å². The van der Waals surface area contributed by atoms with Gasteiger partial charge in [-0.15, -0.1) is 0 Å². The van der Waals surface area contributed by atoms with Gasteiger partial charge >= 0.3 is 5.97 Å². The van der Waals surface area contributed by atoms with Crippen LogP contribution in [0.2, 0.25) is 0 Å². The van der Waals surface area contributed by atoms with E-state index in [1.165, 1.54) is 7.11 Å². The molecule has 1 aromatic heterocycles. The van der Waals surface area contributed by atoms with Crippen molar-refractivity contribution in [3.63, 3.8) is 0 Å². The predicted octanol–water partition coefficient (Wildman–Crippen LogP) is 2.41. The average Bonchev–Trinajstić information content (AvgIpc) is 3.19. The molecule has 8 heteroatoms. The number of esters is 1. The molecule has 8 nitrogen and oxygen atoms in total. The topological polar surface area (TPSA) is 102 Å². The lowest BCUT2D eigenvalue weighted by atomic mass is 10.2. The monoisotopic (exact) mass is 370 g/mol. The molecular weight excluding hydrogens is 348 g/mol. The van der Waals surface area contributed by atoms with Crippen molar-refractivity contribution < 1.29 is 19.1 Å².